The first-order valence-corrected chi connectivity index (χ1v) is 30.2. The van der Waals surface area contributed by atoms with Crippen LogP contribution in [0.15, 0.2) is 52.6 Å². The number of ketones is 2. The van der Waals surface area contributed by atoms with Crippen LogP contribution in [-0.4, -0.2) is 185 Å². The fourth-order valence-electron chi connectivity index (χ4n) is 11.9. The molecule has 1 saturated carbocycles. The molecular formula is C63H104N2O16. The van der Waals surface area contributed by atoms with Gasteiger partial charge in [-0.15, -0.1) is 0 Å². The molecule has 81 heavy (non-hydrogen) atoms. The molecule has 3 N–H and O–H groups in total. The second-order valence-corrected chi connectivity index (χ2v) is 23.4. The lowest BCUT2D eigenvalue weighted by Crippen LogP contribution is -2.61. The normalized spacial score (nSPS) is 35.2. The van der Waals surface area contributed by atoms with Gasteiger partial charge in [0.15, 0.2) is 5.78 Å². The number of hydrogen-bond acceptors (Lipinski definition) is 17. The molecule has 3 aliphatic heterocycles. The lowest BCUT2D eigenvalue weighted by molar-refractivity contribution is -0.265. The molecule has 0 radical (unpaired) electrons. The SMILES string of the molecule is CCOCCOCCOCCCC(=O)COCN=C1[C@H](C)C[C@H](C)/C=C/C=C/C=C(\C)[C@@H](OC)C[C@@H]2CC[C@@H](C)[C@@](O)(O2)C(=O)C(=O)N2CCCC[C@H]2C(=O)O[C@H]([C@H](C)C[C@@H]2CC[C@@H](O)[C@H](OC)C2)CC[C@H](C)/C=C(\C)[C@@H](O)[C@H]1OC. The molecule has 3 heterocycles. The summed E-state index contributed by atoms with van der Waals surface area (Å²) in [6.45, 7) is 18.7. The summed E-state index contributed by atoms with van der Waals surface area (Å²) in [7, 11) is 4.76. The van der Waals surface area contributed by atoms with Gasteiger partial charge in [-0.25, -0.2) is 4.79 Å². The number of fused-ring (bicyclic) bond motifs is 3. The van der Waals surface area contributed by atoms with E-state index in [9.17, 15) is 34.5 Å². The minimum atomic E-state index is -2.40. The van der Waals surface area contributed by atoms with Crippen LogP contribution in [0.25, 0.3) is 0 Å². The van der Waals surface area contributed by atoms with Crippen LogP contribution in [0, 0.1) is 35.5 Å². The summed E-state index contributed by atoms with van der Waals surface area (Å²) in [6.07, 6.45) is 15.7. The Kier molecular flexibility index (Phi) is 32.0. The summed E-state index contributed by atoms with van der Waals surface area (Å²) >= 11 is 0. The average Bonchev–Trinajstić information content (AvgIpc) is 3.47. The number of cyclic esters (lactones) is 1. The third-order valence-electron chi connectivity index (χ3n) is 16.8. The number of methoxy groups -OCH3 is 3. The molecule has 1 amide bonds. The molecule has 18 heteroatoms. The van der Waals surface area contributed by atoms with E-state index < -0.39 is 72.0 Å². The Morgan fingerprint density at radius 3 is 2.23 bits per heavy atom. The second kappa shape index (κ2) is 37.0. The number of hydrogen-bond donors (Lipinski definition) is 3. The minimum Gasteiger partial charge on any atom is -0.461 e. The summed E-state index contributed by atoms with van der Waals surface area (Å²) in [5, 5.41) is 34.8. The molecule has 15 atom stereocenters. The Balaban J connectivity index is 1.63. The predicted octanol–water partition coefficient (Wildman–Crippen LogP) is 8.27. The fraction of sp³-hybridized carbons (Fsp3) is 0.794. The summed E-state index contributed by atoms with van der Waals surface area (Å²) in [4.78, 5) is 62.3. The smallest absolute Gasteiger partial charge is 0.329 e. The number of carbonyl (C=O) groups is 4. The lowest BCUT2D eigenvalue weighted by Gasteiger charge is -2.42. The van der Waals surface area contributed by atoms with Crippen molar-refractivity contribution in [1.29, 1.82) is 0 Å². The molecule has 0 spiro atoms. The summed E-state index contributed by atoms with van der Waals surface area (Å²) in [5.41, 5.74) is 2.17. The first-order chi connectivity index (χ1) is 38.8. The highest BCUT2D eigenvalue weighted by Gasteiger charge is 2.53. The van der Waals surface area contributed by atoms with Crippen LogP contribution in [0.5, 0.6) is 0 Å². The van der Waals surface area contributed by atoms with Crippen LogP contribution < -0.4 is 0 Å². The van der Waals surface area contributed by atoms with Crippen molar-refractivity contribution in [2.24, 2.45) is 40.5 Å². The van der Waals surface area contributed by atoms with Crippen LogP contribution in [0.4, 0.5) is 0 Å². The number of aliphatic hydroxyl groups excluding tert-OH is 2. The molecule has 2 saturated heterocycles. The first kappa shape index (κ1) is 70.0. The number of Topliss-reactive ketones (excluding diaryl/α,β-unsaturated/α-hetero) is 2. The number of esters is 1. The average molecular weight is 1150 g/mol. The van der Waals surface area contributed by atoms with Crippen LogP contribution in [0.2, 0.25) is 0 Å². The highest BCUT2D eigenvalue weighted by Crippen LogP contribution is 2.38. The predicted molar refractivity (Wildman–Crippen MR) is 310 cm³/mol. The molecule has 0 unspecified atom stereocenters. The van der Waals surface area contributed by atoms with Crippen LogP contribution >= 0.6 is 0 Å². The molecule has 4 aliphatic rings. The molecule has 0 aromatic heterocycles. The first-order valence-electron chi connectivity index (χ1n) is 30.2. The van der Waals surface area contributed by atoms with E-state index in [1.807, 2.05) is 51.2 Å². The Labute approximate surface area is 484 Å². The Hall–Kier alpha value is -3.53. The van der Waals surface area contributed by atoms with Crippen molar-refractivity contribution in [1.82, 2.24) is 4.90 Å². The summed E-state index contributed by atoms with van der Waals surface area (Å²) in [5.74, 6) is -5.90. The zero-order chi connectivity index (χ0) is 59.5. The van der Waals surface area contributed by atoms with Crippen molar-refractivity contribution >= 4 is 29.2 Å². The van der Waals surface area contributed by atoms with Gasteiger partial charge in [-0.1, -0.05) is 71.1 Å². The van der Waals surface area contributed by atoms with Crippen molar-refractivity contribution in [2.45, 2.75) is 206 Å². The lowest BCUT2D eigenvalue weighted by atomic mass is 9.78. The number of rotatable bonds is 21. The zero-order valence-electron chi connectivity index (χ0n) is 51.1. The van der Waals surface area contributed by atoms with Gasteiger partial charge in [0.05, 0.1) is 50.8 Å². The number of piperidine rings is 1. The highest BCUT2D eigenvalue weighted by molar-refractivity contribution is 6.39. The van der Waals surface area contributed by atoms with Crippen molar-refractivity contribution in [3.8, 4) is 0 Å². The topological polar surface area (TPSA) is 228 Å². The summed E-state index contributed by atoms with van der Waals surface area (Å²) in [6, 6.07) is -1.04. The molecule has 3 fully saturated rings. The van der Waals surface area contributed by atoms with Gasteiger partial charge in [-0.2, -0.15) is 0 Å². The maximum atomic E-state index is 14.6. The van der Waals surface area contributed by atoms with Crippen LogP contribution in [-0.2, 0) is 61.8 Å². The van der Waals surface area contributed by atoms with Gasteiger partial charge in [0.2, 0.25) is 5.79 Å². The van der Waals surface area contributed by atoms with Crippen molar-refractivity contribution in [3.63, 3.8) is 0 Å². The number of aliphatic imine (C=N–C) groups is 1. The van der Waals surface area contributed by atoms with Crippen LogP contribution in [0.1, 0.15) is 152 Å². The number of nitrogens with zero attached hydrogens (tertiary/aromatic N) is 2. The molecule has 18 nitrogen and oxygen atoms in total. The summed E-state index contributed by atoms with van der Waals surface area (Å²) < 4.78 is 52.6. The Bertz CT molecular complexity index is 2060. The van der Waals surface area contributed by atoms with E-state index in [0.717, 1.165) is 12.0 Å². The molecular weight excluding hydrogens is 1040 g/mol. The third-order valence-corrected chi connectivity index (χ3v) is 16.8. The van der Waals surface area contributed by atoms with Gasteiger partial charge in [-0.05, 0) is 145 Å². The monoisotopic (exact) mass is 1140 g/mol. The largest absolute Gasteiger partial charge is 0.461 e. The molecule has 1 aliphatic carbocycles. The van der Waals surface area contributed by atoms with Gasteiger partial charge in [0, 0.05) is 65.6 Å². The van der Waals surface area contributed by atoms with E-state index in [0.29, 0.717) is 141 Å². The number of amides is 1. The van der Waals surface area contributed by atoms with Gasteiger partial charge >= 0.3 is 5.97 Å². The fourth-order valence-corrected chi connectivity index (χ4v) is 11.9. The highest BCUT2D eigenvalue weighted by atomic mass is 16.6. The van der Waals surface area contributed by atoms with Gasteiger partial charge in [0.25, 0.3) is 11.7 Å². The van der Waals surface area contributed by atoms with Gasteiger partial charge in [0.1, 0.15) is 37.7 Å². The van der Waals surface area contributed by atoms with E-state index in [-0.39, 0.29) is 61.4 Å². The maximum absolute atomic E-state index is 14.6. The van der Waals surface area contributed by atoms with E-state index >= 15 is 0 Å². The number of ether oxygens (including phenoxy) is 9. The second-order valence-electron chi connectivity index (χ2n) is 23.4. The molecule has 0 aromatic rings. The van der Waals surface area contributed by atoms with Gasteiger partial charge in [-0.3, -0.25) is 19.4 Å². The number of allylic oxidation sites excluding steroid dienone is 6. The Morgan fingerprint density at radius 2 is 1.53 bits per heavy atom. The van der Waals surface area contributed by atoms with E-state index in [1.165, 1.54) is 4.90 Å². The van der Waals surface area contributed by atoms with E-state index in [1.54, 1.807) is 28.3 Å². The van der Waals surface area contributed by atoms with E-state index in [4.69, 9.17) is 47.6 Å². The van der Waals surface area contributed by atoms with Crippen molar-refractivity contribution in [2.75, 3.05) is 80.9 Å². The standard InChI is InChI=1S/C63H104N2O16/c1-12-76-31-32-78-34-33-77-30-18-21-50(66)40-79-41-64-57-46(6)35-42(2)19-14-13-15-20-44(4)55(73-9)39-51-26-24-48(8)63(72,81-51)60(69)61(70)65-29-17-16-22-52(65)62(71)80-54(28-23-43(3)36-47(7)58(68)59(57)75-11)45(5)37-49-25-27-53(67)56(38-49)74-10/h13-15,19-20,36,42-43,45-46,48-49,51-56,58-59,67-68,72H,12,16-18,21-35,37-41H2,1-11H3/b15-13+,19-14+,44-20+,47-36+,64-57?/t42-,43+,45-,46-,48-,49+,51+,52+,53-,54+,55+,56-,58-,59+,63-/m1/s1. The Morgan fingerprint density at radius 1 is 0.802 bits per heavy atom. The van der Waals surface area contributed by atoms with Gasteiger partial charge < -0.3 is 62.9 Å². The van der Waals surface area contributed by atoms with Crippen molar-refractivity contribution < 1.29 is 77.1 Å². The molecule has 0 aromatic carbocycles. The molecule has 4 rings (SSSR count). The number of carbonyl (C=O) groups excluding carboxylic acids is 4. The maximum Gasteiger partial charge on any atom is 0.329 e. The minimum absolute atomic E-state index is 0.0696. The van der Waals surface area contributed by atoms with E-state index in [2.05, 4.69) is 33.8 Å². The quantitative estimate of drug-likeness (QED) is 0.0425. The number of aliphatic hydroxyl groups is 3. The third kappa shape index (κ3) is 22.8. The molecule has 2 bridgehead atoms. The molecule has 462 valence electrons. The van der Waals surface area contributed by atoms with Crippen molar-refractivity contribution in [3.05, 3.63) is 47.6 Å². The zero-order valence-corrected chi connectivity index (χ0v) is 51.1. The van der Waals surface area contributed by atoms with Crippen LogP contribution in [0.3, 0.4) is 0 Å².